The zero-order chi connectivity index (χ0) is 12.6. The van der Waals surface area contributed by atoms with Gasteiger partial charge in [-0.3, -0.25) is 0 Å². The number of nitrogens with zero attached hydrogens (tertiary/aromatic N) is 1. The lowest BCUT2D eigenvalue weighted by Gasteiger charge is -2.38. The van der Waals surface area contributed by atoms with Gasteiger partial charge < -0.3 is 4.90 Å². The first-order chi connectivity index (χ1) is 8.64. The van der Waals surface area contributed by atoms with Gasteiger partial charge in [-0.15, -0.1) is 11.8 Å². The Labute approximate surface area is 115 Å². The highest BCUT2D eigenvalue weighted by Crippen LogP contribution is 2.40. The predicted octanol–water partition coefficient (Wildman–Crippen LogP) is 4.00. The second-order valence-electron chi connectivity index (χ2n) is 6.51. The molecule has 1 nitrogen and oxygen atoms in total. The Hall–Kier alpha value is -0.470. The molecule has 3 rings (SSSR count). The minimum atomic E-state index is 0.568. The van der Waals surface area contributed by atoms with Crippen LogP contribution < -0.4 is 0 Å². The number of piperidine rings is 1. The second kappa shape index (κ2) is 4.90. The number of benzene rings is 1. The number of likely N-dealkylation sites (tertiary alicyclic amines) is 1. The maximum Gasteiger partial charge on any atom is 0.0108 e. The van der Waals surface area contributed by atoms with E-state index in [0.717, 1.165) is 5.92 Å². The van der Waals surface area contributed by atoms with Crippen LogP contribution in [0.3, 0.4) is 0 Å². The van der Waals surface area contributed by atoms with Gasteiger partial charge in [-0.05, 0) is 43.0 Å². The third kappa shape index (κ3) is 2.60. The highest BCUT2D eigenvalue weighted by Gasteiger charge is 2.29. The summed E-state index contributed by atoms with van der Waals surface area (Å²) < 4.78 is 0. The van der Waals surface area contributed by atoms with E-state index < -0.39 is 0 Å². The van der Waals surface area contributed by atoms with E-state index in [2.05, 4.69) is 43.0 Å². The largest absolute Gasteiger partial charge is 0.303 e. The van der Waals surface area contributed by atoms with Gasteiger partial charge in [0.25, 0.3) is 0 Å². The molecule has 2 heteroatoms. The summed E-state index contributed by atoms with van der Waals surface area (Å²) >= 11 is 2.04. The van der Waals surface area contributed by atoms with Crippen LogP contribution in [0.15, 0.2) is 29.2 Å². The molecule has 1 saturated heterocycles. The van der Waals surface area contributed by atoms with E-state index in [9.17, 15) is 0 Å². The van der Waals surface area contributed by atoms with Crippen LogP contribution in [-0.4, -0.2) is 30.3 Å². The molecule has 1 atom stereocenters. The van der Waals surface area contributed by atoms with Crippen LogP contribution in [0.2, 0.25) is 0 Å². The Morgan fingerprint density at radius 3 is 2.72 bits per heavy atom. The van der Waals surface area contributed by atoms with Crippen LogP contribution in [0.4, 0.5) is 0 Å². The zero-order valence-electron chi connectivity index (χ0n) is 11.5. The van der Waals surface area contributed by atoms with Crippen LogP contribution in [0, 0.1) is 5.41 Å². The molecule has 2 aliphatic rings. The van der Waals surface area contributed by atoms with Crippen LogP contribution >= 0.6 is 11.8 Å². The predicted molar refractivity (Wildman–Crippen MR) is 79.4 cm³/mol. The molecule has 0 aliphatic carbocycles. The number of thioether (sulfide) groups is 1. The lowest BCUT2D eigenvalue weighted by molar-refractivity contribution is 0.128. The molecular weight excluding hydrogens is 238 g/mol. The van der Waals surface area contributed by atoms with E-state index in [-0.39, 0.29) is 0 Å². The van der Waals surface area contributed by atoms with Crippen molar-refractivity contribution in [2.75, 3.05) is 25.4 Å². The van der Waals surface area contributed by atoms with Crippen LogP contribution in [-0.2, 0) is 0 Å². The fourth-order valence-corrected chi connectivity index (χ4v) is 4.27. The van der Waals surface area contributed by atoms with Crippen molar-refractivity contribution in [3.8, 4) is 0 Å². The lowest BCUT2D eigenvalue weighted by Crippen LogP contribution is -2.39. The third-order valence-electron chi connectivity index (χ3n) is 4.49. The Morgan fingerprint density at radius 1 is 1.22 bits per heavy atom. The summed E-state index contributed by atoms with van der Waals surface area (Å²) in [5.74, 6) is 2.03. The van der Waals surface area contributed by atoms with E-state index in [4.69, 9.17) is 0 Å². The van der Waals surface area contributed by atoms with E-state index in [1.165, 1.54) is 43.1 Å². The van der Waals surface area contributed by atoms with Crippen molar-refractivity contribution in [1.82, 2.24) is 4.90 Å². The van der Waals surface area contributed by atoms with Gasteiger partial charge in [-0.2, -0.15) is 0 Å². The van der Waals surface area contributed by atoms with Crippen LogP contribution in [0.25, 0.3) is 0 Å². The highest BCUT2D eigenvalue weighted by atomic mass is 32.2. The number of hydrogen-bond acceptors (Lipinski definition) is 2. The fourth-order valence-electron chi connectivity index (χ4n) is 3.03. The van der Waals surface area contributed by atoms with E-state index in [1.807, 2.05) is 11.8 Å². The molecule has 98 valence electrons. The minimum Gasteiger partial charge on any atom is -0.303 e. The Morgan fingerprint density at radius 2 is 1.94 bits per heavy atom. The highest BCUT2D eigenvalue weighted by molar-refractivity contribution is 7.99. The molecule has 2 heterocycles. The average molecular weight is 261 g/mol. The molecule has 1 aromatic rings. The van der Waals surface area contributed by atoms with Crippen molar-refractivity contribution in [1.29, 1.82) is 0 Å². The van der Waals surface area contributed by atoms with Crippen molar-refractivity contribution in [3.63, 3.8) is 0 Å². The van der Waals surface area contributed by atoms with Gasteiger partial charge in [0, 0.05) is 23.1 Å². The van der Waals surface area contributed by atoms with E-state index in [0.29, 0.717) is 5.41 Å². The van der Waals surface area contributed by atoms with Gasteiger partial charge in [0.15, 0.2) is 0 Å². The smallest absolute Gasteiger partial charge is 0.0108 e. The molecule has 0 spiro atoms. The standard InChI is InChI=1S/C16H23NS/c1-16(2)7-9-17(10-8-16)11-13-12-18-15-6-4-3-5-14(13)15/h3-6,13H,7-12H2,1-2H3. The SMILES string of the molecule is CC1(C)CCN(CC2CSc3ccccc32)CC1. The van der Waals surface area contributed by atoms with Crippen molar-refractivity contribution < 1.29 is 0 Å². The Balaban J connectivity index is 1.62. The summed E-state index contributed by atoms with van der Waals surface area (Å²) in [4.78, 5) is 4.19. The average Bonchev–Trinajstić information content (AvgIpc) is 2.76. The van der Waals surface area contributed by atoms with Crippen molar-refractivity contribution in [3.05, 3.63) is 29.8 Å². The molecule has 0 aromatic heterocycles. The third-order valence-corrected chi connectivity index (χ3v) is 5.74. The molecular formula is C16H23NS. The van der Waals surface area contributed by atoms with Crippen LogP contribution in [0.5, 0.6) is 0 Å². The molecule has 0 N–H and O–H groups in total. The normalized spacial score (nSPS) is 27.1. The van der Waals surface area contributed by atoms with Gasteiger partial charge in [0.05, 0.1) is 0 Å². The Bertz CT molecular complexity index is 417. The summed E-state index contributed by atoms with van der Waals surface area (Å²) in [5.41, 5.74) is 2.16. The molecule has 1 aromatic carbocycles. The fraction of sp³-hybridized carbons (Fsp3) is 0.625. The first kappa shape index (κ1) is 12.6. The zero-order valence-corrected chi connectivity index (χ0v) is 12.3. The molecule has 0 radical (unpaired) electrons. The lowest BCUT2D eigenvalue weighted by atomic mass is 9.82. The number of fused-ring (bicyclic) bond motifs is 1. The molecule has 0 saturated carbocycles. The Kier molecular flexibility index (Phi) is 3.42. The molecule has 1 unspecified atom stereocenters. The molecule has 2 aliphatic heterocycles. The number of rotatable bonds is 2. The molecule has 0 bridgehead atoms. The van der Waals surface area contributed by atoms with Crippen molar-refractivity contribution in [2.45, 2.75) is 37.5 Å². The quantitative estimate of drug-likeness (QED) is 0.791. The second-order valence-corrected chi connectivity index (χ2v) is 7.57. The van der Waals surface area contributed by atoms with Gasteiger partial charge in [-0.1, -0.05) is 32.0 Å². The monoisotopic (exact) mass is 261 g/mol. The van der Waals surface area contributed by atoms with Gasteiger partial charge >= 0.3 is 0 Å². The van der Waals surface area contributed by atoms with Gasteiger partial charge in [-0.25, -0.2) is 0 Å². The molecule has 18 heavy (non-hydrogen) atoms. The van der Waals surface area contributed by atoms with Crippen molar-refractivity contribution in [2.24, 2.45) is 5.41 Å². The first-order valence-electron chi connectivity index (χ1n) is 7.08. The summed E-state index contributed by atoms with van der Waals surface area (Å²) in [6.07, 6.45) is 2.71. The van der Waals surface area contributed by atoms with Gasteiger partial charge in [0.1, 0.15) is 0 Å². The van der Waals surface area contributed by atoms with E-state index in [1.54, 1.807) is 5.56 Å². The van der Waals surface area contributed by atoms with E-state index >= 15 is 0 Å². The van der Waals surface area contributed by atoms with Gasteiger partial charge in [0.2, 0.25) is 0 Å². The molecule has 0 amide bonds. The summed E-state index contributed by atoms with van der Waals surface area (Å²) in [6, 6.07) is 8.96. The van der Waals surface area contributed by atoms with Crippen molar-refractivity contribution >= 4 is 11.8 Å². The maximum absolute atomic E-state index is 2.68. The number of hydrogen-bond donors (Lipinski definition) is 0. The summed E-state index contributed by atoms with van der Waals surface area (Å²) in [5, 5.41) is 0. The summed E-state index contributed by atoms with van der Waals surface area (Å²) in [6.45, 7) is 8.66. The van der Waals surface area contributed by atoms with Crippen LogP contribution in [0.1, 0.15) is 38.2 Å². The molecule has 1 fully saturated rings. The topological polar surface area (TPSA) is 3.24 Å². The minimum absolute atomic E-state index is 0.568. The maximum atomic E-state index is 2.68. The first-order valence-corrected chi connectivity index (χ1v) is 8.07. The summed E-state index contributed by atoms with van der Waals surface area (Å²) in [7, 11) is 0.